The average molecular weight is 384 g/mol. The maximum atomic E-state index is 12.9. The van der Waals surface area contributed by atoms with Gasteiger partial charge in [-0.2, -0.15) is 9.29 Å². The minimum absolute atomic E-state index is 0.145. The summed E-state index contributed by atoms with van der Waals surface area (Å²) in [4.78, 5) is 8.20. The zero-order chi connectivity index (χ0) is 18.2. The Kier molecular flexibility index (Phi) is 4.86. The third-order valence-corrected chi connectivity index (χ3v) is 6.30. The summed E-state index contributed by atoms with van der Waals surface area (Å²) >= 11 is 5.78. The lowest BCUT2D eigenvalue weighted by Crippen LogP contribution is -2.56. The van der Waals surface area contributed by atoms with Crippen LogP contribution in [0.25, 0.3) is 0 Å². The standard InChI is InChI=1S/C16H18ClN3O4S/c1-10-6-12(23-3)7-11(2)15(10)25(21,22)20-8-13(9-20)24-16-18-5-4-14(17)19-16/h4-7,13H,8-9H2,1-3H3. The van der Waals surface area contributed by atoms with Crippen molar-refractivity contribution < 1.29 is 17.9 Å². The van der Waals surface area contributed by atoms with Crippen LogP contribution in [0.5, 0.6) is 11.8 Å². The van der Waals surface area contributed by atoms with Crippen LogP contribution in [0.3, 0.4) is 0 Å². The topological polar surface area (TPSA) is 81.6 Å². The van der Waals surface area contributed by atoms with Gasteiger partial charge in [-0.1, -0.05) is 11.6 Å². The predicted octanol–water partition coefficient (Wildman–Crippen LogP) is 2.21. The fraction of sp³-hybridized carbons (Fsp3) is 0.375. The first kappa shape index (κ1) is 17.9. The number of ether oxygens (including phenoxy) is 2. The van der Waals surface area contributed by atoms with Crippen molar-refractivity contribution in [2.24, 2.45) is 0 Å². The van der Waals surface area contributed by atoms with Gasteiger partial charge in [0.15, 0.2) is 0 Å². The predicted molar refractivity (Wildman–Crippen MR) is 92.7 cm³/mol. The molecule has 0 radical (unpaired) electrons. The molecule has 0 atom stereocenters. The zero-order valence-corrected chi connectivity index (χ0v) is 15.6. The summed E-state index contributed by atoms with van der Waals surface area (Å²) in [5.74, 6) is 0.636. The Morgan fingerprint density at radius 2 is 1.88 bits per heavy atom. The molecule has 1 aromatic carbocycles. The molecule has 25 heavy (non-hydrogen) atoms. The lowest BCUT2D eigenvalue weighted by Gasteiger charge is -2.37. The molecular weight excluding hydrogens is 366 g/mol. The largest absolute Gasteiger partial charge is 0.497 e. The number of sulfonamides is 1. The van der Waals surface area contributed by atoms with E-state index in [4.69, 9.17) is 21.1 Å². The van der Waals surface area contributed by atoms with Gasteiger partial charge in [0, 0.05) is 6.20 Å². The van der Waals surface area contributed by atoms with E-state index in [9.17, 15) is 8.42 Å². The first-order valence-corrected chi connectivity index (χ1v) is 9.43. The van der Waals surface area contributed by atoms with E-state index in [0.717, 1.165) is 0 Å². The number of hydrogen-bond acceptors (Lipinski definition) is 6. The second-order valence-corrected chi connectivity index (χ2v) is 8.08. The van der Waals surface area contributed by atoms with Crippen LogP contribution in [0.4, 0.5) is 0 Å². The molecule has 1 aromatic heterocycles. The fourth-order valence-electron chi connectivity index (χ4n) is 2.76. The lowest BCUT2D eigenvalue weighted by atomic mass is 10.1. The maximum absolute atomic E-state index is 12.9. The number of aromatic nitrogens is 2. The van der Waals surface area contributed by atoms with Crippen LogP contribution in [0.2, 0.25) is 5.15 Å². The highest BCUT2D eigenvalue weighted by atomic mass is 35.5. The number of methoxy groups -OCH3 is 1. The smallest absolute Gasteiger partial charge is 0.318 e. The SMILES string of the molecule is COc1cc(C)c(S(=O)(=O)N2CC(Oc3nccc(Cl)n3)C2)c(C)c1. The number of aryl methyl sites for hydroxylation is 2. The second-order valence-electron chi connectivity index (χ2n) is 5.81. The van der Waals surface area contributed by atoms with Crippen molar-refractivity contribution >= 4 is 21.6 Å². The molecule has 0 saturated carbocycles. The molecule has 1 aliphatic heterocycles. The van der Waals surface area contributed by atoms with Gasteiger partial charge < -0.3 is 9.47 Å². The van der Waals surface area contributed by atoms with Gasteiger partial charge in [0.05, 0.1) is 25.1 Å². The maximum Gasteiger partial charge on any atom is 0.318 e. The molecule has 134 valence electrons. The van der Waals surface area contributed by atoms with E-state index in [-0.39, 0.29) is 30.4 Å². The molecule has 7 nitrogen and oxygen atoms in total. The van der Waals surface area contributed by atoms with E-state index in [1.165, 1.54) is 10.5 Å². The minimum Gasteiger partial charge on any atom is -0.497 e. The van der Waals surface area contributed by atoms with E-state index in [0.29, 0.717) is 21.8 Å². The second kappa shape index (κ2) is 6.78. The van der Waals surface area contributed by atoms with Crippen LogP contribution < -0.4 is 9.47 Å². The van der Waals surface area contributed by atoms with Crippen LogP contribution >= 0.6 is 11.6 Å². The Balaban J connectivity index is 1.73. The van der Waals surface area contributed by atoms with Gasteiger partial charge in [-0.25, -0.2) is 13.4 Å². The van der Waals surface area contributed by atoms with Crippen molar-refractivity contribution in [2.75, 3.05) is 20.2 Å². The third kappa shape index (κ3) is 3.56. The molecule has 1 aliphatic rings. The molecule has 1 fully saturated rings. The molecule has 0 aliphatic carbocycles. The van der Waals surface area contributed by atoms with Gasteiger partial charge in [0.2, 0.25) is 10.0 Å². The summed E-state index contributed by atoms with van der Waals surface area (Å²) < 4.78 is 37.9. The van der Waals surface area contributed by atoms with Crippen LogP contribution in [-0.2, 0) is 10.0 Å². The summed E-state index contributed by atoms with van der Waals surface area (Å²) in [5.41, 5.74) is 1.30. The summed E-state index contributed by atoms with van der Waals surface area (Å²) in [7, 11) is -2.04. The zero-order valence-electron chi connectivity index (χ0n) is 14.1. The minimum atomic E-state index is -3.59. The molecule has 2 aromatic rings. The molecule has 0 spiro atoms. The highest BCUT2D eigenvalue weighted by Crippen LogP contribution is 2.31. The van der Waals surface area contributed by atoms with Crippen LogP contribution in [0.15, 0.2) is 29.3 Å². The molecular formula is C16H18ClN3O4S. The van der Waals surface area contributed by atoms with Gasteiger partial charge in [0.25, 0.3) is 0 Å². The Labute approximate surface area is 151 Å². The molecule has 1 saturated heterocycles. The number of benzene rings is 1. The Morgan fingerprint density at radius 1 is 1.24 bits per heavy atom. The molecule has 3 rings (SSSR count). The van der Waals surface area contributed by atoms with Gasteiger partial charge >= 0.3 is 6.01 Å². The van der Waals surface area contributed by atoms with E-state index in [1.807, 2.05) is 0 Å². The third-order valence-electron chi connectivity index (χ3n) is 3.95. The number of hydrogen-bond donors (Lipinski definition) is 0. The average Bonchev–Trinajstić information content (AvgIpc) is 2.49. The monoisotopic (exact) mass is 383 g/mol. The van der Waals surface area contributed by atoms with Crippen molar-refractivity contribution in [3.63, 3.8) is 0 Å². The molecule has 0 N–H and O–H groups in total. The van der Waals surface area contributed by atoms with E-state index < -0.39 is 10.0 Å². The fourth-order valence-corrected chi connectivity index (χ4v) is 4.81. The highest BCUT2D eigenvalue weighted by Gasteiger charge is 2.40. The van der Waals surface area contributed by atoms with Crippen LogP contribution in [0.1, 0.15) is 11.1 Å². The van der Waals surface area contributed by atoms with Gasteiger partial charge in [0.1, 0.15) is 17.0 Å². The Morgan fingerprint density at radius 3 is 2.44 bits per heavy atom. The highest BCUT2D eigenvalue weighted by molar-refractivity contribution is 7.89. The number of nitrogens with zero attached hydrogens (tertiary/aromatic N) is 3. The van der Waals surface area contributed by atoms with Gasteiger partial charge in [-0.05, 0) is 43.2 Å². The lowest BCUT2D eigenvalue weighted by molar-refractivity contribution is 0.0675. The van der Waals surface area contributed by atoms with Crippen LogP contribution in [-0.4, -0.2) is 49.0 Å². The van der Waals surface area contributed by atoms with Crippen LogP contribution in [0, 0.1) is 13.8 Å². The molecule has 0 amide bonds. The quantitative estimate of drug-likeness (QED) is 0.736. The Hall–Kier alpha value is -1.90. The Bertz CT molecular complexity index is 875. The normalized spacial score (nSPS) is 15.7. The van der Waals surface area contributed by atoms with Crippen molar-refractivity contribution in [1.82, 2.24) is 14.3 Å². The summed E-state index contributed by atoms with van der Waals surface area (Å²) in [5, 5.41) is 0.276. The molecule has 0 unspecified atom stereocenters. The first-order valence-electron chi connectivity index (χ1n) is 7.62. The van der Waals surface area contributed by atoms with Gasteiger partial charge in [-0.3, -0.25) is 0 Å². The van der Waals surface area contributed by atoms with E-state index in [2.05, 4.69) is 9.97 Å². The van der Waals surface area contributed by atoms with E-state index in [1.54, 1.807) is 39.2 Å². The number of rotatable bonds is 5. The van der Waals surface area contributed by atoms with Crippen molar-refractivity contribution in [2.45, 2.75) is 24.8 Å². The summed E-state index contributed by atoms with van der Waals surface area (Å²) in [6, 6.07) is 5.12. The van der Waals surface area contributed by atoms with Crippen molar-refractivity contribution in [3.05, 3.63) is 40.7 Å². The summed E-state index contributed by atoms with van der Waals surface area (Å²) in [6.45, 7) is 4.00. The molecule has 9 heteroatoms. The van der Waals surface area contributed by atoms with Crippen molar-refractivity contribution in [3.8, 4) is 11.8 Å². The van der Waals surface area contributed by atoms with E-state index >= 15 is 0 Å². The molecule has 0 bridgehead atoms. The number of halogens is 1. The summed E-state index contributed by atoms with van der Waals surface area (Å²) in [6.07, 6.45) is 1.19. The molecule has 2 heterocycles. The van der Waals surface area contributed by atoms with Gasteiger partial charge in [-0.15, -0.1) is 0 Å². The first-order chi connectivity index (χ1) is 11.8. The van der Waals surface area contributed by atoms with Crippen molar-refractivity contribution in [1.29, 1.82) is 0 Å².